The maximum Gasteiger partial charge on any atom is 0.412 e. The standard InChI is InChI=1S/C27H26ClFN4O5/c28-17-5-7-19-22(23(17)29)27(38-26(37)32-19)8-1-9-33(13-27)25(36)21(10-14-2-3-14)31-24(35)20-12-15-11-16(34)4-6-18(15)30-20/h4-7,11-12,14,21,30,34H,1-3,8-10,13H2,(H,31,35)(H,32,37)/t21-,27-/m0/s1. The Hall–Kier alpha value is -3.79. The zero-order valence-electron chi connectivity index (χ0n) is 20.4. The number of anilines is 1. The molecule has 2 atom stereocenters. The van der Waals surface area contributed by atoms with Crippen molar-refractivity contribution in [3.05, 3.63) is 58.5 Å². The van der Waals surface area contributed by atoms with Gasteiger partial charge in [-0.15, -0.1) is 0 Å². The predicted octanol–water partition coefficient (Wildman–Crippen LogP) is 4.64. The number of piperidine rings is 1. The average Bonchev–Trinajstić information content (AvgIpc) is 3.60. The van der Waals surface area contributed by atoms with Gasteiger partial charge in [0, 0.05) is 17.4 Å². The van der Waals surface area contributed by atoms with E-state index < -0.39 is 29.5 Å². The molecule has 0 radical (unpaired) electrons. The quantitative estimate of drug-likeness (QED) is 0.375. The fraction of sp³-hybridized carbons (Fsp3) is 0.370. The highest BCUT2D eigenvalue weighted by Gasteiger charge is 2.49. The molecule has 3 aromatic rings. The van der Waals surface area contributed by atoms with Crippen molar-refractivity contribution in [1.29, 1.82) is 0 Å². The topological polar surface area (TPSA) is 124 Å². The molecule has 0 unspecified atom stereocenters. The molecule has 3 amide bonds. The number of hydrogen-bond donors (Lipinski definition) is 4. The van der Waals surface area contributed by atoms with E-state index in [1.807, 2.05) is 0 Å². The molecule has 0 bridgehead atoms. The van der Waals surface area contributed by atoms with E-state index in [4.69, 9.17) is 16.3 Å². The number of carbonyl (C=O) groups excluding carboxylic acids is 3. The van der Waals surface area contributed by atoms with Crippen LogP contribution in [0.1, 0.15) is 48.2 Å². The van der Waals surface area contributed by atoms with Crippen molar-refractivity contribution in [2.24, 2.45) is 5.92 Å². The van der Waals surface area contributed by atoms with Crippen LogP contribution < -0.4 is 10.6 Å². The van der Waals surface area contributed by atoms with Gasteiger partial charge in [-0.2, -0.15) is 0 Å². The third kappa shape index (κ3) is 4.42. The molecule has 2 aliphatic heterocycles. The summed E-state index contributed by atoms with van der Waals surface area (Å²) in [5, 5.41) is 15.7. The van der Waals surface area contributed by atoms with Crippen LogP contribution >= 0.6 is 11.6 Å². The summed E-state index contributed by atoms with van der Waals surface area (Å²) in [6, 6.07) is 8.46. The first-order chi connectivity index (χ1) is 18.2. The van der Waals surface area contributed by atoms with Crippen LogP contribution in [0.3, 0.4) is 0 Å². The first-order valence-electron chi connectivity index (χ1n) is 12.6. The number of nitrogens with one attached hydrogen (secondary N) is 3. The molecule has 1 aliphatic carbocycles. The number of halogens is 2. The summed E-state index contributed by atoms with van der Waals surface area (Å²) in [4.78, 5) is 43.9. The van der Waals surface area contributed by atoms with E-state index in [9.17, 15) is 19.5 Å². The largest absolute Gasteiger partial charge is 0.508 e. The van der Waals surface area contributed by atoms with Gasteiger partial charge in [-0.25, -0.2) is 9.18 Å². The zero-order valence-corrected chi connectivity index (χ0v) is 21.1. The number of ether oxygens (including phenoxy) is 1. The van der Waals surface area contributed by atoms with E-state index >= 15 is 4.39 Å². The maximum atomic E-state index is 15.2. The van der Waals surface area contributed by atoms with E-state index in [-0.39, 0.29) is 40.2 Å². The van der Waals surface area contributed by atoms with Crippen LogP contribution in [-0.2, 0) is 15.1 Å². The summed E-state index contributed by atoms with van der Waals surface area (Å²) in [5.74, 6) is -1.02. The van der Waals surface area contributed by atoms with Crippen LogP contribution in [0.25, 0.3) is 10.9 Å². The van der Waals surface area contributed by atoms with Crippen molar-refractivity contribution in [2.45, 2.75) is 43.7 Å². The molecule has 38 heavy (non-hydrogen) atoms. The first-order valence-corrected chi connectivity index (χ1v) is 13.0. The van der Waals surface area contributed by atoms with Crippen LogP contribution in [0.15, 0.2) is 36.4 Å². The number of aromatic nitrogens is 1. The van der Waals surface area contributed by atoms with Gasteiger partial charge in [0.2, 0.25) is 5.91 Å². The highest BCUT2D eigenvalue weighted by Crippen LogP contribution is 2.45. The Morgan fingerprint density at radius 2 is 2.08 bits per heavy atom. The second kappa shape index (κ2) is 9.20. The number of nitrogens with zero attached hydrogens (tertiary/aromatic N) is 1. The fourth-order valence-corrected chi connectivity index (χ4v) is 5.73. The lowest BCUT2D eigenvalue weighted by Gasteiger charge is -2.45. The van der Waals surface area contributed by atoms with Crippen molar-refractivity contribution < 1.29 is 28.6 Å². The van der Waals surface area contributed by atoms with Crippen LogP contribution in [0.5, 0.6) is 5.75 Å². The molecule has 2 fully saturated rings. The number of H-pyrrole nitrogens is 1. The number of rotatable bonds is 5. The second-order valence-electron chi connectivity index (χ2n) is 10.3. The maximum absolute atomic E-state index is 15.2. The minimum absolute atomic E-state index is 0.0494. The van der Waals surface area contributed by atoms with E-state index in [0.717, 1.165) is 12.8 Å². The number of aromatic amines is 1. The molecule has 9 nitrogen and oxygen atoms in total. The van der Waals surface area contributed by atoms with E-state index in [1.165, 1.54) is 18.2 Å². The molecule has 1 spiro atoms. The summed E-state index contributed by atoms with van der Waals surface area (Å²) in [5.41, 5.74) is -0.0277. The molecule has 1 saturated heterocycles. The minimum Gasteiger partial charge on any atom is -0.508 e. The van der Waals surface area contributed by atoms with Crippen molar-refractivity contribution >= 4 is 46.1 Å². The van der Waals surface area contributed by atoms with Gasteiger partial charge < -0.3 is 25.0 Å². The SMILES string of the molecule is O=C1Nc2ccc(Cl)c(F)c2[C@@]2(CCCN(C(=O)[C@H](CC3CC3)NC(=O)c3cc4cc(O)ccc4[nH]3)C2)O1. The van der Waals surface area contributed by atoms with Crippen LogP contribution in [0.4, 0.5) is 14.9 Å². The Kier molecular flexibility index (Phi) is 5.94. The van der Waals surface area contributed by atoms with Crippen LogP contribution in [0, 0.1) is 11.7 Å². The lowest BCUT2D eigenvalue weighted by atomic mass is 9.82. The van der Waals surface area contributed by atoms with Crippen molar-refractivity contribution in [1.82, 2.24) is 15.2 Å². The molecule has 4 N–H and O–H groups in total. The van der Waals surface area contributed by atoms with Gasteiger partial charge >= 0.3 is 6.09 Å². The van der Waals surface area contributed by atoms with Gasteiger partial charge in [-0.1, -0.05) is 24.4 Å². The Morgan fingerprint density at radius 3 is 2.87 bits per heavy atom. The number of aromatic hydroxyl groups is 1. The first kappa shape index (κ1) is 24.5. The lowest BCUT2D eigenvalue weighted by Crippen LogP contribution is -2.57. The van der Waals surface area contributed by atoms with Crippen molar-refractivity contribution in [2.75, 3.05) is 18.4 Å². The average molecular weight is 541 g/mol. The highest BCUT2D eigenvalue weighted by molar-refractivity contribution is 6.31. The van der Waals surface area contributed by atoms with E-state index in [0.29, 0.717) is 42.6 Å². The van der Waals surface area contributed by atoms with Gasteiger partial charge in [0.25, 0.3) is 5.91 Å². The molecular formula is C27H26ClFN4O5. The minimum atomic E-state index is -1.38. The Balaban J connectivity index is 1.26. The third-order valence-electron chi connectivity index (χ3n) is 7.56. The zero-order chi connectivity index (χ0) is 26.6. The smallest absolute Gasteiger partial charge is 0.412 e. The van der Waals surface area contributed by atoms with Gasteiger partial charge in [0.1, 0.15) is 17.5 Å². The number of amides is 3. The molecule has 198 valence electrons. The summed E-state index contributed by atoms with van der Waals surface area (Å²) >= 11 is 6.06. The second-order valence-corrected chi connectivity index (χ2v) is 10.7. The number of phenols is 1. The van der Waals surface area contributed by atoms with Gasteiger partial charge in [-0.3, -0.25) is 14.9 Å². The summed E-state index contributed by atoms with van der Waals surface area (Å²) in [7, 11) is 0. The Bertz CT molecular complexity index is 1470. The molecule has 11 heteroatoms. The summed E-state index contributed by atoms with van der Waals surface area (Å²) in [6.45, 7) is 0.331. The van der Waals surface area contributed by atoms with Crippen molar-refractivity contribution in [3.63, 3.8) is 0 Å². The Labute approximate surface area is 222 Å². The number of hydrogen-bond acceptors (Lipinski definition) is 5. The number of phenolic OH excluding ortho intramolecular Hbond substituents is 1. The third-order valence-corrected chi connectivity index (χ3v) is 7.85. The number of carbonyl (C=O) groups is 3. The molecule has 1 aromatic heterocycles. The Morgan fingerprint density at radius 1 is 1.26 bits per heavy atom. The number of likely N-dealkylation sites (tertiary alicyclic amines) is 1. The normalized spacial score (nSPS) is 21.5. The molecule has 1 saturated carbocycles. The predicted molar refractivity (Wildman–Crippen MR) is 138 cm³/mol. The van der Waals surface area contributed by atoms with Gasteiger partial charge in [-0.05, 0) is 61.6 Å². The molecule has 6 rings (SSSR count). The monoisotopic (exact) mass is 540 g/mol. The van der Waals surface area contributed by atoms with Gasteiger partial charge in [0.15, 0.2) is 11.4 Å². The molecule has 3 aliphatic rings. The molecular weight excluding hydrogens is 515 g/mol. The summed E-state index contributed by atoms with van der Waals surface area (Å²) < 4.78 is 20.9. The fourth-order valence-electron chi connectivity index (χ4n) is 5.57. The molecule has 2 aromatic carbocycles. The van der Waals surface area contributed by atoms with E-state index in [2.05, 4.69) is 15.6 Å². The highest BCUT2D eigenvalue weighted by atomic mass is 35.5. The lowest BCUT2D eigenvalue weighted by molar-refractivity contribution is -0.141. The summed E-state index contributed by atoms with van der Waals surface area (Å²) in [6.07, 6.45) is 2.52. The van der Waals surface area contributed by atoms with Gasteiger partial charge in [0.05, 0.1) is 22.8 Å². The van der Waals surface area contributed by atoms with E-state index in [1.54, 1.807) is 23.1 Å². The number of fused-ring (bicyclic) bond motifs is 3. The van der Waals surface area contributed by atoms with Crippen LogP contribution in [0.2, 0.25) is 5.02 Å². The molecule has 3 heterocycles. The van der Waals surface area contributed by atoms with Crippen LogP contribution in [-0.4, -0.2) is 52.0 Å². The van der Waals surface area contributed by atoms with Crippen molar-refractivity contribution in [3.8, 4) is 5.75 Å². The number of benzene rings is 2.